The van der Waals surface area contributed by atoms with Crippen molar-refractivity contribution in [2.45, 2.75) is 32.7 Å². The van der Waals surface area contributed by atoms with E-state index in [9.17, 15) is 9.59 Å². The molecular weight excluding hydrogens is 466 g/mol. The van der Waals surface area contributed by atoms with Crippen LogP contribution < -0.4 is 15.8 Å². The SMILES string of the molecule is Cc1ccc2nc(NC(=O)Cc3ccc(Oc4ncccc4C(N)=O)c(Cl)c3)n(CC3CC3)c2c1. The molecule has 35 heavy (non-hydrogen) atoms. The van der Waals surface area contributed by atoms with Crippen molar-refractivity contribution >= 4 is 40.4 Å². The summed E-state index contributed by atoms with van der Waals surface area (Å²) >= 11 is 6.40. The van der Waals surface area contributed by atoms with Crippen LogP contribution >= 0.6 is 11.6 Å². The third kappa shape index (κ3) is 5.12. The quantitative estimate of drug-likeness (QED) is 0.366. The summed E-state index contributed by atoms with van der Waals surface area (Å²) in [5, 5.41) is 3.26. The van der Waals surface area contributed by atoms with Gasteiger partial charge in [0.1, 0.15) is 11.3 Å². The van der Waals surface area contributed by atoms with Crippen LogP contribution in [0.2, 0.25) is 5.02 Å². The number of carbonyl (C=O) groups is 2. The normalized spacial score (nSPS) is 13.1. The fourth-order valence-corrected chi connectivity index (χ4v) is 4.17. The van der Waals surface area contributed by atoms with Crippen LogP contribution in [-0.4, -0.2) is 26.3 Å². The van der Waals surface area contributed by atoms with Crippen LogP contribution in [0.4, 0.5) is 5.95 Å². The fraction of sp³-hybridized carbons (Fsp3) is 0.231. The Kier molecular flexibility index (Phi) is 6.13. The van der Waals surface area contributed by atoms with Crippen LogP contribution in [0.1, 0.15) is 34.3 Å². The Balaban J connectivity index is 1.32. The largest absolute Gasteiger partial charge is 0.437 e. The second-order valence-electron chi connectivity index (χ2n) is 8.79. The lowest BCUT2D eigenvalue weighted by atomic mass is 10.1. The van der Waals surface area contributed by atoms with E-state index in [1.165, 1.54) is 25.1 Å². The van der Waals surface area contributed by atoms with Gasteiger partial charge < -0.3 is 15.0 Å². The van der Waals surface area contributed by atoms with Crippen molar-refractivity contribution in [3.8, 4) is 11.6 Å². The zero-order valence-electron chi connectivity index (χ0n) is 19.1. The van der Waals surface area contributed by atoms with Gasteiger partial charge in [-0.1, -0.05) is 23.7 Å². The van der Waals surface area contributed by atoms with Gasteiger partial charge in [0.25, 0.3) is 5.91 Å². The van der Waals surface area contributed by atoms with Crippen molar-refractivity contribution in [1.29, 1.82) is 0 Å². The number of nitrogens with two attached hydrogens (primary N) is 1. The number of anilines is 1. The summed E-state index contributed by atoms with van der Waals surface area (Å²) in [7, 11) is 0. The number of imidazole rings is 1. The number of hydrogen-bond donors (Lipinski definition) is 2. The first-order chi connectivity index (χ1) is 16.9. The molecule has 0 spiro atoms. The van der Waals surface area contributed by atoms with Crippen molar-refractivity contribution in [2.75, 3.05) is 5.32 Å². The van der Waals surface area contributed by atoms with Gasteiger partial charge in [0.15, 0.2) is 0 Å². The van der Waals surface area contributed by atoms with Gasteiger partial charge in [-0.25, -0.2) is 9.97 Å². The minimum Gasteiger partial charge on any atom is -0.437 e. The van der Waals surface area contributed by atoms with E-state index in [4.69, 9.17) is 22.1 Å². The Labute approximate surface area is 207 Å². The number of rotatable bonds is 8. The number of pyridine rings is 1. The molecule has 178 valence electrons. The third-order valence-electron chi connectivity index (χ3n) is 5.90. The summed E-state index contributed by atoms with van der Waals surface area (Å²) in [6.07, 6.45) is 4.00. The summed E-state index contributed by atoms with van der Waals surface area (Å²) < 4.78 is 7.80. The predicted octanol–water partition coefficient (Wildman–Crippen LogP) is 4.88. The van der Waals surface area contributed by atoms with Crippen LogP contribution in [0.25, 0.3) is 11.0 Å². The van der Waals surface area contributed by atoms with Gasteiger partial charge in [0.05, 0.1) is 22.5 Å². The van der Waals surface area contributed by atoms with E-state index in [0.717, 1.165) is 23.1 Å². The van der Waals surface area contributed by atoms with Gasteiger partial charge in [0.2, 0.25) is 17.7 Å². The first-order valence-corrected chi connectivity index (χ1v) is 11.7. The molecule has 1 saturated carbocycles. The van der Waals surface area contributed by atoms with Crippen LogP contribution in [0.3, 0.4) is 0 Å². The number of aromatic nitrogens is 3. The van der Waals surface area contributed by atoms with Crippen LogP contribution in [0.5, 0.6) is 11.6 Å². The monoisotopic (exact) mass is 489 g/mol. The fourth-order valence-electron chi connectivity index (χ4n) is 3.93. The summed E-state index contributed by atoms with van der Waals surface area (Å²) in [5.74, 6) is 0.711. The molecule has 0 bridgehead atoms. The second kappa shape index (κ2) is 9.38. The molecule has 1 aliphatic carbocycles. The number of nitrogens with zero attached hydrogens (tertiary/aromatic N) is 3. The van der Waals surface area contributed by atoms with E-state index in [0.29, 0.717) is 23.2 Å². The highest BCUT2D eigenvalue weighted by Crippen LogP contribution is 2.34. The number of benzene rings is 2. The van der Waals surface area contributed by atoms with Gasteiger partial charge in [-0.3, -0.25) is 14.9 Å². The van der Waals surface area contributed by atoms with E-state index in [2.05, 4.69) is 25.9 Å². The standard InChI is InChI=1S/C26H24ClN5O3/c1-15-4-8-20-21(11-15)32(14-16-5-6-16)26(30-20)31-23(33)13-17-7-9-22(19(27)12-17)35-25-18(24(28)34)3-2-10-29-25/h2-4,7-12,16H,5-6,13-14H2,1H3,(H2,28,34)(H,30,31,33). The molecule has 4 aromatic rings. The Morgan fingerprint density at radius 2 is 2.03 bits per heavy atom. The molecule has 0 unspecified atom stereocenters. The molecule has 5 rings (SSSR count). The molecule has 3 N–H and O–H groups in total. The Morgan fingerprint density at radius 1 is 1.20 bits per heavy atom. The van der Waals surface area contributed by atoms with Crippen molar-refractivity contribution in [2.24, 2.45) is 11.7 Å². The Bertz CT molecular complexity index is 1440. The molecule has 0 aliphatic heterocycles. The Morgan fingerprint density at radius 3 is 2.77 bits per heavy atom. The number of amides is 2. The number of carbonyl (C=O) groups excluding carboxylic acids is 2. The number of aryl methyl sites for hydroxylation is 1. The lowest BCUT2D eigenvalue weighted by molar-refractivity contribution is -0.115. The van der Waals surface area contributed by atoms with Crippen molar-refractivity contribution in [3.05, 3.63) is 76.4 Å². The molecule has 8 nitrogen and oxygen atoms in total. The third-order valence-corrected chi connectivity index (χ3v) is 6.19. The van der Waals surface area contributed by atoms with E-state index < -0.39 is 5.91 Å². The lowest BCUT2D eigenvalue weighted by Gasteiger charge is -2.11. The van der Waals surface area contributed by atoms with Crippen molar-refractivity contribution in [1.82, 2.24) is 14.5 Å². The minimum atomic E-state index is -0.652. The predicted molar refractivity (Wildman–Crippen MR) is 134 cm³/mol. The summed E-state index contributed by atoms with van der Waals surface area (Å²) in [5.41, 5.74) is 9.27. The highest BCUT2D eigenvalue weighted by atomic mass is 35.5. The maximum Gasteiger partial charge on any atom is 0.254 e. The first-order valence-electron chi connectivity index (χ1n) is 11.3. The average Bonchev–Trinajstić information content (AvgIpc) is 3.58. The van der Waals surface area contributed by atoms with Gasteiger partial charge >= 0.3 is 0 Å². The topological polar surface area (TPSA) is 112 Å². The maximum atomic E-state index is 12.9. The molecule has 0 radical (unpaired) electrons. The molecular formula is C26H24ClN5O3. The average molecular weight is 490 g/mol. The molecule has 1 fully saturated rings. The highest BCUT2D eigenvalue weighted by Gasteiger charge is 2.25. The number of fused-ring (bicyclic) bond motifs is 1. The first kappa shape index (κ1) is 22.9. The molecule has 1 aliphatic rings. The number of ether oxygens (including phenoxy) is 1. The molecule has 9 heteroatoms. The van der Waals surface area contributed by atoms with Gasteiger partial charge in [-0.2, -0.15) is 0 Å². The van der Waals surface area contributed by atoms with Crippen LogP contribution in [-0.2, 0) is 17.8 Å². The van der Waals surface area contributed by atoms with Gasteiger partial charge in [0, 0.05) is 12.7 Å². The van der Waals surface area contributed by atoms with E-state index in [-0.39, 0.29) is 28.8 Å². The Hall–Kier alpha value is -3.91. The van der Waals surface area contributed by atoms with Crippen LogP contribution in [0.15, 0.2) is 54.7 Å². The summed E-state index contributed by atoms with van der Waals surface area (Å²) in [4.78, 5) is 33.2. The molecule has 0 saturated heterocycles. The second-order valence-corrected chi connectivity index (χ2v) is 9.20. The molecule has 0 atom stereocenters. The highest BCUT2D eigenvalue weighted by molar-refractivity contribution is 6.32. The maximum absolute atomic E-state index is 12.9. The number of nitrogens with one attached hydrogen (secondary N) is 1. The number of primary amides is 1. The van der Waals surface area contributed by atoms with Crippen LogP contribution in [0, 0.1) is 12.8 Å². The summed E-state index contributed by atoms with van der Waals surface area (Å²) in [6, 6.07) is 14.2. The molecule has 2 amide bonds. The summed E-state index contributed by atoms with van der Waals surface area (Å²) in [6.45, 7) is 2.89. The molecule has 2 aromatic heterocycles. The van der Waals surface area contributed by atoms with Crippen molar-refractivity contribution in [3.63, 3.8) is 0 Å². The van der Waals surface area contributed by atoms with E-state index >= 15 is 0 Å². The smallest absolute Gasteiger partial charge is 0.254 e. The van der Waals surface area contributed by atoms with Gasteiger partial charge in [-0.15, -0.1) is 0 Å². The molecule has 2 aromatic carbocycles. The minimum absolute atomic E-state index is 0.0668. The number of hydrogen-bond acceptors (Lipinski definition) is 5. The van der Waals surface area contributed by atoms with Gasteiger partial charge in [-0.05, 0) is 73.2 Å². The zero-order valence-corrected chi connectivity index (χ0v) is 19.9. The van der Waals surface area contributed by atoms with E-state index in [1.54, 1.807) is 24.3 Å². The van der Waals surface area contributed by atoms with E-state index in [1.807, 2.05) is 19.1 Å². The lowest BCUT2D eigenvalue weighted by Crippen LogP contribution is -2.18. The number of halogens is 1. The molecule has 2 heterocycles. The van der Waals surface area contributed by atoms with Crippen molar-refractivity contribution < 1.29 is 14.3 Å². The zero-order chi connectivity index (χ0) is 24.5.